The second kappa shape index (κ2) is 8.67. The molecule has 6 aromatic rings. The summed E-state index contributed by atoms with van der Waals surface area (Å²) in [4.78, 5) is 4.27. The van der Waals surface area contributed by atoms with Crippen LogP contribution in [0.4, 0.5) is 0 Å². The van der Waals surface area contributed by atoms with E-state index in [1.54, 1.807) is 33.7 Å². The fraction of sp³-hybridized carbons (Fsp3) is 0.0769. The predicted molar refractivity (Wildman–Crippen MR) is 143 cm³/mol. The van der Waals surface area contributed by atoms with Gasteiger partial charge in [-0.1, -0.05) is 53.5 Å². The summed E-state index contributed by atoms with van der Waals surface area (Å²) >= 11 is 16.2. The minimum Gasteiger partial charge on any atom is -0.374 e. The normalized spacial score (nSPS) is 13.4. The standard InChI is InChI=1S/C26H17BrCl2N6O/c1-34-14-30-13-22(34)26(36,16-5-8-18(28)9-6-16)17-7-10-21-20(12-17)23(15-3-2-4-19(29)11-15)24(27)25-31-32-33-35(21)25/h2-14,36H,1H3. The molecule has 0 saturated carbocycles. The zero-order valence-corrected chi connectivity index (χ0v) is 21.9. The van der Waals surface area contributed by atoms with E-state index in [9.17, 15) is 5.11 Å². The number of benzene rings is 3. The quantitative estimate of drug-likeness (QED) is 0.276. The summed E-state index contributed by atoms with van der Waals surface area (Å²) in [5, 5.41) is 26.7. The van der Waals surface area contributed by atoms with Gasteiger partial charge in [0.2, 0.25) is 0 Å². The molecule has 3 heterocycles. The van der Waals surface area contributed by atoms with E-state index in [-0.39, 0.29) is 0 Å². The number of halogens is 3. The van der Waals surface area contributed by atoms with Crippen LogP contribution < -0.4 is 0 Å². The fourth-order valence-corrected chi connectivity index (χ4v) is 5.65. The number of pyridine rings is 1. The van der Waals surface area contributed by atoms with Gasteiger partial charge in [0.15, 0.2) is 11.2 Å². The van der Waals surface area contributed by atoms with Gasteiger partial charge in [-0.05, 0) is 79.4 Å². The number of hydrogen-bond acceptors (Lipinski definition) is 5. The lowest BCUT2D eigenvalue weighted by Gasteiger charge is -2.30. The molecular weight excluding hydrogens is 563 g/mol. The van der Waals surface area contributed by atoms with Crippen LogP contribution in [0.25, 0.3) is 27.7 Å². The first-order chi connectivity index (χ1) is 17.4. The number of hydrogen-bond donors (Lipinski definition) is 1. The summed E-state index contributed by atoms with van der Waals surface area (Å²) in [5.41, 5.74) is 3.49. The summed E-state index contributed by atoms with van der Waals surface area (Å²) in [6.07, 6.45) is 3.33. The number of rotatable bonds is 4. The van der Waals surface area contributed by atoms with Gasteiger partial charge in [0.05, 0.1) is 28.2 Å². The third kappa shape index (κ3) is 3.52. The first-order valence-corrected chi connectivity index (χ1v) is 12.5. The van der Waals surface area contributed by atoms with Gasteiger partial charge < -0.3 is 9.67 Å². The summed E-state index contributed by atoms with van der Waals surface area (Å²) in [6, 6.07) is 20.5. The minimum atomic E-state index is -1.52. The van der Waals surface area contributed by atoms with Crippen LogP contribution in [0.3, 0.4) is 0 Å². The molecule has 1 unspecified atom stereocenters. The van der Waals surface area contributed by atoms with E-state index in [1.165, 1.54) is 0 Å². The van der Waals surface area contributed by atoms with Crippen molar-refractivity contribution in [2.45, 2.75) is 5.60 Å². The van der Waals surface area contributed by atoms with Crippen molar-refractivity contribution in [3.8, 4) is 11.1 Å². The second-order valence-electron chi connectivity index (χ2n) is 8.45. The third-order valence-electron chi connectivity index (χ3n) is 6.36. The molecule has 1 atom stereocenters. The van der Waals surface area contributed by atoms with E-state index in [1.807, 2.05) is 61.6 Å². The van der Waals surface area contributed by atoms with Crippen molar-refractivity contribution in [1.29, 1.82) is 0 Å². The van der Waals surface area contributed by atoms with Gasteiger partial charge in [-0.3, -0.25) is 0 Å². The average molecular weight is 580 g/mol. The van der Waals surface area contributed by atoms with Crippen molar-refractivity contribution in [2.24, 2.45) is 7.05 Å². The van der Waals surface area contributed by atoms with Crippen LogP contribution in [-0.4, -0.2) is 34.7 Å². The fourth-order valence-electron chi connectivity index (χ4n) is 4.65. The van der Waals surface area contributed by atoms with Crippen LogP contribution in [0.5, 0.6) is 0 Å². The molecule has 7 nitrogen and oxygen atoms in total. The molecule has 0 spiro atoms. The Morgan fingerprint density at radius 1 is 0.944 bits per heavy atom. The Morgan fingerprint density at radius 3 is 2.44 bits per heavy atom. The Labute approximate surface area is 224 Å². The molecule has 1 N–H and O–H groups in total. The number of nitrogens with zero attached hydrogens (tertiary/aromatic N) is 6. The number of imidazole rings is 1. The largest absolute Gasteiger partial charge is 0.374 e. The molecule has 0 saturated heterocycles. The molecule has 0 aliphatic carbocycles. The molecule has 36 heavy (non-hydrogen) atoms. The lowest BCUT2D eigenvalue weighted by molar-refractivity contribution is 0.117. The third-order valence-corrected chi connectivity index (χ3v) is 7.60. The van der Waals surface area contributed by atoms with Crippen molar-refractivity contribution in [3.63, 3.8) is 0 Å². The van der Waals surface area contributed by atoms with Crippen LogP contribution >= 0.6 is 39.1 Å². The van der Waals surface area contributed by atoms with Gasteiger partial charge in [0.25, 0.3) is 0 Å². The highest BCUT2D eigenvalue weighted by atomic mass is 79.9. The zero-order chi connectivity index (χ0) is 25.0. The maximum atomic E-state index is 12.4. The van der Waals surface area contributed by atoms with Crippen molar-refractivity contribution >= 4 is 55.7 Å². The second-order valence-corrected chi connectivity index (χ2v) is 10.1. The summed E-state index contributed by atoms with van der Waals surface area (Å²) in [6.45, 7) is 0. The lowest BCUT2D eigenvalue weighted by atomic mass is 9.82. The average Bonchev–Trinajstić information content (AvgIpc) is 3.54. The molecule has 178 valence electrons. The molecular formula is C26H17BrCl2N6O. The molecule has 6 rings (SSSR count). The topological polar surface area (TPSA) is 81.1 Å². The molecule has 10 heteroatoms. The number of aromatic nitrogens is 6. The zero-order valence-electron chi connectivity index (χ0n) is 18.8. The van der Waals surface area contributed by atoms with Crippen LogP contribution in [0.2, 0.25) is 10.0 Å². The Kier molecular flexibility index (Phi) is 5.57. The highest BCUT2D eigenvalue weighted by Crippen LogP contribution is 2.42. The first kappa shape index (κ1) is 23.1. The molecule has 0 amide bonds. The summed E-state index contributed by atoms with van der Waals surface area (Å²) in [5.74, 6) is 0. The Balaban J connectivity index is 1.71. The van der Waals surface area contributed by atoms with E-state index in [0.29, 0.717) is 32.5 Å². The van der Waals surface area contributed by atoms with Crippen LogP contribution in [-0.2, 0) is 12.6 Å². The van der Waals surface area contributed by atoms with Gasteiger partial charge in [0.1, 0.15) is 0 Å². The molecule has 0 aliphatic heterocycles. The molecule has 0 radical (unpaired) electrons. The van der Waals surface area contributed by atoms with E-state index >= 15 is 0 Å². The van der Waals surface area contributed by atoms with Crippen LogP contribution in [0, 0.1) is 0 Å². The minimum absolute atomic E-state index is 0.574. The number of tetrazole rings is 1. The maximum Gasteiger partial charge on any atom is 0.194 e. The van der Waals surface area contributed by atoms with E-state index in [4.69, 9.17) is 23.2 Å². The van der Waals surface area contributed by atoms with Gasteiger partial charge in [0, 0.05) is 28.0 Å². The van der Waals surface area contributed by atoms with Crippen molar-refractivity contribution < 1.29 is 5.11 Å². The van der Waals surface area contributed by atoms with Crippen LogP contribution in [0.1, 0.15) is 16.8 Å². The number of aliphatic hydroxyl groups is 1. The van der Waals surface area contributed by atoms with Crippen LogP contribution in [0.15, 0.2) is 83.7 Å². The first-order valence-electron chi connectivity index (χ1n) is 10.9. The predicted octanol–water partition coefficient (Wildman–Crippen LogP) is 6.03. The SMILES string of the molecule is Cn1cncc1C(O)(c1ccc(Cl)cc1)c1ccc2c(c1)c(-c1cccc(Cl)c1)c(Br)c1nnnn12. The maximum absolute atomic E-state index is 12.4. The van der Waals surface area contributed by atoms with Crippen molar-refractivity contribution in [2.75, 3.05) is 0 Å². The summed E-state index contributed by atoms with van der Waals surface area (Å²) < 4.78 is 4.19. The van der Waals surface area contributed by atoms with E-state index < -0.39 is 5.60 Å². The van der Waals surface area contributed by atoms with Gasteiger partial charge >= 0.3 is 0 Å². The smallest absolute Gasteiger partial charge is 0.194 e. The van der Waals surface area contributed by atoms with E-state index in [2.05, 4.69) is 36.4 Å². The van der Waals surface area contributed by atoms with Gasteiger partial charge in [-0.15, -0.1) is 5.10 Å². The van der Waals surface area contributed by atoms with Gasteiger partial charge in [-0.25, -0.2) is 4.98 Å². The molecule has 0 aliphatic rings. The monoisotopic (exact) mass is 578 g/mol. The molecule has 3 aromatic carbocycles. The molecule has 0 bridgehead atoms. The highest BCUT2D eigenvalue weighted by Gasteiger charge is 2.37. The Morgan fingerprint density at radius 2 is 1.72 bits per heavy atom. The van der Waals surface area contributed by atoms with Crippen molar-refractivity contribution in [3.05, 3.63) is 111 Å². The number of aryl methyl sites for hydroxylation is 1. The van der Waals surface area contributed by atoms with Gasteiger partial charge in [-0.2, -0.15) is 4.52 Å². The molecule has 0 fully saturated rings. The highest BCUT2D eigenvalue weighted by molar-refractivity contribution is 9.10. The van der Waals surface area contributed by atoms with Crippen molar-refractivity contribution in [1.82, 2.24) is 29.6 Å². The number of fused-ring (bicyclic) bond motifs is 3. The molecule has 3 aromatic heterocycles. The van der Waals surface area contributed by atoms with E-state index in [0.717, 1.165) is 26.5 Å². The Bertz CT molecular complexity index is 1760. The Hall–Kier alpha value is -3.30. The summed E-state index contributed by atoms with van der Waals surface area (Å²) in [7, 11) is 1.85. The lowest BCUT2D eigenvalue weighted by Crippen LogP contribution is -2.31.